The average Bonchev–Trinajstić information content (AvgIpc) is 3.46. The van der Waals surface area contributed by atoms with Crippen molar-refractivity contribution in [3.05, 3.63) is 46.2 Å². The summed E-state index contributed by atoms with van der Waals surface area (Å²) in [5, 5.41) is 4.35. The molecule has 0 saturated heterocycles. The van der Waals surface area contributed by atoms with E-state index in [2.05, 4.69) is 42.3 Å². The summed E-state index contributed by atoms with van der Waals surface area (Å²) in [7, 11) is 0. The highest BCUT2D eigenvalue weighted by atomic mass is 35.5. The maximum Gasteiger partial charge on any atom is 0.136 e. The molecular formula is C20H25ClN4. The van der Waals surface area contributed by atoms with Crippen LogP contribution in [-0.2, 0) is 13.0 Å². The van der Waals surface area contributed by atoms with Crippen LogP contribution in [0.3, 0.4) is 0 Å². The van der Waals surface area contributed by atoms with Crippen LogP contribution in [0.2, 0.25) is 5.02 Å². The Morgan fingerprint density at radius 2 is 2.08 bits per heavy atom. The van der Waals surface area contributed by atoms with E-state index in [1.165, 1.54) is 24.0 Å². The first-order chi connectivity index (χ1) is 12.1. The molecule has 1 fully saturated rings. The molecule has 0 amide bonds. The standard InChI is InChI=1S/C20H25ClN4/c1-3-13(2)22-18-11-19(24-20(23-18)14-4-5-14)25-9-8-15-10-17(21)7-6-16(15)12-25/h6-7,10-11,13-14H,3-5,8-9,12H2,1-2H3,(H,22,23,24)/t13-/m0/s1. The number of rotatable bonds is 5. The molecule has 1 aliphatic carbocycles. The van der Waals surface area contributed by atoms with Gasteiger partial charge in [0, 0.05) is 36.1 Å². The van der Waals surface area contributed by atoms with Crippen molar-refractivity contribution < 1.29 is 0 Å². The first-order valence-electron chi connectivity index (χ1n) is 9.30. The predicted molar refractivity (Wildman–Crippen MR) is 104 cm³/mol. The molecular weight excluding hydrogens is 332 g/mol. The Balaban J connectivity index is 1.61. The number of halogens is 1. The summed E-state index contributed by atoms with van der Waals surface area (Å²) in [6.45, 7) is 6.24. The van der Waals surface area contributed by atoms with Crippen molar-refractivity contribution in [2.75, 3.05) is 16.8 Å². The lowest BCUT2D eigenvalue weighted by Gasteiger charge is -2.30. The number of hydrogen-bond acceptors (Lipinski definition) is 4. The van der Waals surface area contributed by atoms with Crippen LogP contribution in [0.1, 0.15) is 56.0 Å². The third-order valence-corrected chi connectivity index (χ3v) is 5.42. The molecule has 1 N–H and O–H groups in total. The molecule has 0 radical (unpaired) electrons. The molecule has 1 aromatic carbocycles. The number of fused-ring (bicyclic) bond motifs is 1. The second kappa shape index (κ2) is 6.83. The monoisotopic (exact) mass is 356 g/mol. The van der Waals surface area contributed by atoms with Gasteiger partial charge in [0.2, 0.25) is 0 Å². The Bertz CT molecular complexity index is 772. The van der Waals surface area contributed by atoms with Gasteiger partial charge in [-0.2, -0.15) is 0 Å². The minimum atomic E-state index is 0.416. The highest BCUT2D eigenvalue weighted by Gasteiger charge is 2.28. The van der Waals surface area contributed by atoms with E-state index in [1.54, 1.807) is 0 Å². The predicted octanol–water partition coefficient (Wildman–Crippen LogP) is 4.78. The SMILES string of the molecule is CC[C@H](C)Nc1cc(N2CCc3cc(Cl)ccc3C2)nc(C2CC2)n1. The van der Waals surface area contributed by atoms with Gasteiger partial charge in [-0.3, -0.25) is 0 Å². The van der Waals surface area contributed by atoms with Crippen molar-refractivity contribution in [2.45, 2.75) is 58.0 Å². The molecule has 4 rings (SSSR count). The van der Waals surface area contributed by atoms with Gasteiger partial charge in [0.25, 0.3) is 0 Å². The third-order valence-electron chi connectivity index (χ3n) is 5.18. The molecule has 0 unspecified atom stereocenters. The quantitative estimate of drug-likeness (QED) is 0.837. The van der Waals surface area contributed by atoms with Crippen LogP contribution < -0.4 is 10.2 Å². The van der Waals surface area contributed by atoms with Crippen molar-refractivity contribution in [2.24, 2.45) is 0 Å². The Hall–Kier alpha value is -1.81. The maximum absolute atomic E-state index is 6.13. The summed E-state index contributed by atoms with van der Waals surface area (Å²) in [5.41, 5.74) is 2.71. The van der Waals surface area contributed by atoms with Crippen LogP contribution in [-0.4, -0.2) is 22.6 Å². The van der Waals surface area contributed by atoms with Crippen LogP contribution in [0.4, 0.5) is 11.6 Å². The number of nitrogens with one attached hydrogen (secondary N) is 1. The van der Waals surface area contributed by atoms with Gasteiger partial charge in [0.15, 0.2) is 0 Å². The fourth-order valence-electron chi connectivity index (χ4n) is 3.28. The Labute approximate surface area is 154 Å². The van der Waals surface area contributed by atoms with Crippen LogP contribution in [0.15, 0.2) is 24.3 Å². The number of benzene rings is 1. The van der Waals surface area contributed by atoms with Crippen molar-refractivity contribution in [1.29, 1.82) is 0 Å². The largest absolute Gasteiger partial charge is 0.367 e. The Morgan fingerprint density at radius 1 is 1.24 bits per heavy atom. The molecule has 132 valence electrons. The van der Waals surface area contributed by atoms with Gasteiger partial charge in [0.05, 0.1) is 0 Å². The fourth-order valence-corrected chi connectivity index (χ4v) is 3.48. The minimum absolute atomic E-state index is 0.416. The van der Waals surface area contributed by atoms with E-state index in [1.807, 2.05) is 6.07 Å². The molecule has 25 heavy (non-hydrogen) atoms. The molecule has 1 atom stereocenters. The molecule has 4 nitrogen and oxygen atoms in total. The van der Waals surface area contributed by atoms with Gasteiger partial charge in [-0.25, -0.2) is 9.97 Å². The lowest BCUT2D eigenvalue weighted by Crippen LogP contribution is -2.31. The number of hydrogen-bond donors (Lipinski definition) is 1. The zero-order chi connectivity index (χ0) is 17.4. The first-order valence-corrected chi connectivity index (χ1v) is 9.68. The Kier molecular flexibility index (Phi) is 4.55. The highest BCUT2D eigenvalue weighted by Crippen LogP contribution is 2.39. The second-order valence-corrected chi connectivity index (χ2v) is 7.72. The van der Waals surface area contributed by atoms with Crippen molar-refractivity contribution in [1.82, 2.24) is 9.97 Å². The lowest BCUT2D eigenvalue weighted by atomic mass is 10.00. The normalized spacial score (nSPS) is 18.0. The second-order valence-electron chi connectivity index (χ2n) is 7.28. The van der Waals surface area contributed by atoms with Gasteiger partial charge in [-0.1, -0.05) is 24.6 Å². The van der Waals surface area contributed by atoms with Crippen molar-refractivity contribution in [3.8, 4) is 0 Å². The molecule has 5 heteroatoms. The van der Waals surface area contributed by atoms with E-state index in [0.29, 0.717) is 12.0 Å². The summed E-state index contributed by atoms with van der Waals surface area (Å²) >= 11 is 6.13. The van der Waals surface area contributed by atoms with Crippen LogP contribution in [0.5, 0.6) is 0 Å². The maximum atomic E-state index is 6.13. The fraction of sp³-hybridized carbons (Fsp3) is 0.500. The summed E-state index contributed by atoms with van der Waals surface area (Å²) in [6.07, 6.45) is 4.52. The zero-order valence-corrected chi connectivity index (χ0v) is 15.7. The van der Waals surface area contributed by atoms with Crippen molar-refractivity contribution >= 4 is 23.2 Å². The Morgan fingerprint density at radius 3 is 2.84 bits per heavy atom. The topological polar surface area (TPSA) is 41.0 Å². The van der Waals surface area contributed by atoms with Gasteiger partial charge < -0.3 is 10.2 Å². The number of anilines is 2. The molecule has 1 saturated carbocycles. The molecule has 2 aliphatic rings. The van der Waals surface area contributed by atoms with Crippen LogP contribution in [0, 0.1) is 0 Å². The van der Waals surface area contributed by atoms with Gasteiger partial charge in [0.1, 0.15) is 17.5 Å². The summed E-state index contributed by atoms with van der Waals surface area (Å²) in [6, 6.07) is 8.75. The molecule has 1 aliphatic heterocycles. The van der Waals surface area contributed by atoms with Gasteiger partial charge in [-0.05, 0) is 55.9 Å². The lowest BCUT2D eigenvalue weighted by molar-refractivity contribution is 0.711. The molecule has 2 aromatic rings. The summed E-state index contributed by atoms with van der Waals surface area (Å²) in [4.78, 5) is 12.0. The zero-order valence-electron chi connectivity index (χ0n) is 14.9. The summed E-state index contributed by atoms with van der Waals surface area (Å²) in [5.74, 6) is 3.56. The third kappa shape index (κ3) is 3.74. The smallest absolute Gasteiger partial charge is 0.136 e. The number of nitrogens with zero attached hydrogens (tertiary/aromatic N) is 3. The minimum Gasteiger partial charge on any atom is -0.367 e. The molecule has 1 aromatic heterocycles. The average molecular weight is 357 g/mol. The van der Waals surface area contributed by atoms with Crippen molar-refractivity contribution in [3.63, 3.8) is 0 Å². The van der Waals surface area contributed by atoms with Crippen LogP contribution in [0.25, 0.3) is 0 Å². The van der Waals surface area contributed by atoms with Gasteiger partial charge >= 0.3 is 0 Å². The number of aromatic nitrogens is 2. The van der Waals surface area contributed by atoms with E-state index in [4.69, 9.17) is 21.6 Å². The first kappa shape index (κ1) is 16.6. The molecule has 0 bridgehead atoms. The highest BCUT2D eigenvalue weighted by molar-refractivity contribution is 6.30. The molecule has 0 spiro atoms. The van der Waals surface area contributed by atoms with Crippen LogP contribution >= 0.6 is 11.6 Å². The van der Waals surface area contributed by atoms with E-state index < -0.39 is 0 Å². The summed E-state index contributed by atoms with van der Waals surface area (Å²) < 4.78 is 0. The van der Waals surface area contributed by atoms with E-state index in [9.17, 15) is 0 Å². The van der Waals surface area contributed by atoms with E-state index in [-0.39, 0.29) is 0 Å². The van der Waals surface area contributed by atoms with E-state index in [0.717, 1.165) is 48.4 Å². The van der Waals surface area contributed by atoms with E-state index >= 15 is 0 Å². The van der Waals surface area contributed by atoms with Gasteiger partial charge in [-0.15, -0.1) is 0 Å². The molecule has 2 heterocycles.